The fraction of sp³-hybridized carbons (Fsp3) is 0.750. The highest BCUT2D eigenvalue weighted by Crippen LogP contribution is 2.06. The zero-order valence-electron chi connectivity index (χ0n) is 9.66. The lowest BCUT2D eigenvalue weighted by molar-refractivity contribution is 0.516. The molecule has 0 atom stereocenters. The van der Waals surface area contributed by atoms with Gasteiger partial charge in [-0.3, -0.25) is 0 Å². The zero-order chi connectivity index (χ0) is 10.4. The van der Waals surface area contributed by atoms with Crippen LogP contribution in [0.3, 0.4) is 0 Å². The predicted octanol–water partition coefficient (Wildman–Crippen LogP) is 3.27. The van der Waals surface area contributed by atoms with Crippen LogP contribution in [0.5, 0.6) is 0 Å². The zero-order valence-corrected chi connectivity index (χ0v) is 9.66. The molecule has 0 N–H and O–H groups in total. The van der Waals surface area contributed by atoms with Gasteiger partial charge in [0.1, 0.15) is 0 Å². The molecule has 2 heteroatoms. The normalized spacial score (nSPS) is 11.1. The molecule has 14 heavy (non-hydrogen) atoms. The minimum atomic E-state index is 0.775. The van der Waals surface area contributed by atoms with Crippen molar-refractivity contribution in [2.75, 3.05) is 0 Å². The summed E-state index contributed by atoms with van der Waals surface area (Å²) < 4.78 is 2.21. The van der Waals surface area contributed by atoms with E-state index in [2.05, 4.69) is 36.5 Å². The monoisotopic (exact) mass is 194 g/mol. The molecule has 0 spiro atoms. The highest BCUT2D eigenvalue weighted by Gasteiger charge is 1.99. The van der Waals surface area contributed by atoms with Gasteiger partial charge >= 0.3 is 0 Å². The molecule has 0 aromatic carbocycles. The Morgan fingerprint density at radius 2 is 2.21 bits per heavy atom. The van der Waals surface area contributed by atoms with Crippen LogP contribution in [0.15, 0.2) is 12.5 Å². The third-order valence-electron chi connectivity index (χ3n) is 2.44. The number of imidazole rings is 1. The Morgan fingerprint density at radius 1 is 1.43 bits per heavy atom. The largest absolute Gasteiger partial charge is 0.337 e. The lowest BCUT2D eigenvalue weighted by atomic mass is 10.1. The predicted molar refractivity (Wildman–Crippen MR) is 60.3 cm³/mol. The molecule has 0 fully saturated rings. The molecule has 80 valence electrons. The molecular weight excluding hydrogens is 172 g/mol. The molecule has 1 aromatic rings. The first-order chi connectivity index (χ1) is 6.72. The molecule has 0 aliphatic carbocycles. The quantitative estimate of drug-likeness (QED) is 0.679. The Bertz CT molecular complexity index is 251. The van der Waals surface area contributed by atoms with Gasteiger partial charge in [-0.1, -0.05) is 27.2 Å². The van der Waals surface area contributed by atoms with Crippen LogP contribution in [0.4, 0.5) is 0 Å². The molecule has 0 saturated heterocycles. The van der Waals surface area contributed by atoms with Crippen LogP contribution in [-0.4, -0.2) is 9.55 Å². The highest BCUT2D eigenvalue weighted by atomic mass is 15.0. The van der Waals surface area contributed by atoms with Crippen molar-refractivity contribution in [1.29, 1.82) is 0 Å². The summed E-state index contributed by atoms with van der Waals surface area (Å²) in [6.07, 6.45) is 9.03. The molecule has 1 heterocycles. The van der Waals surface area contributed by atoms with Gasteiger partial charge < -0.3 is 4.57 Å². The standard InChI is InChI=1S/C12H22N2/c1-4-5-6-12-9-14(10-13-12)8-7-11(2)3/h9-11H,4-8H2,1-3H3. The van der Waals surface area contributed by atoms with Gasteiger partial charge in [-0.2, -0.15) is 0 Å². The summed E-state index contributed by atoms with van der Waals surface area (Å²) in [7, 11) is 0. The van der Waals surface area contributed by atoms with Crippen molar-refractivity contribution in [3.05, 3.63) is 18.2 Å². The van der Waals surface area contributed by atoms with Gasteiger partial charge in [-0.05, 0) is 25.2 Å². The molecule has 0 amide bonds. The summed E-state index contributed by atoms with van der Waals surface area (Å²) in [6, 6.07) is 0. The van der Waals surface area contributed by atoms with Crippen LogP contribution >= 0.6 is 0 Å². The van der Waals surface area contributed by atoms with Crippen LogP contribution in [-0.2, 0) is 13.0 Å². The first-order valence-electron chi connectivity index (χ1n) is 5.73. The molecular formula is C12H22N2. The number of nitrogens with zero attached hydrogens (tertiary/aromatic N) is 2. The van der Waals surface area contributed by atoms with E-state index in [0.29, 0.717) is 0 Å². The minimum Gasteiger partial charge on any atom is -0.337 e. The lowest BCUT2D eigenvalue weighted by Gasteiger charge is -2.04. The van der Waals surface area contributed by atoms with Crippen LogP contribution < -0.4 is 0 Å². The van der Waals surface area contributed by atoms with E-state index in [-0.39, 0.29) is 0 Å². The van der Waals surface area contributed by atoms with Gasteiger partial charge in [-0.15, -0.1) is 0 Å². The number of hydrogen-bond acceptors (Lipinski definition) is 1. The number of unbranched alkanes of at least 4 members (excludes halogenated alkanes) is 1. The molecule has 0 saturated carbocycles. The fourth-order valence-electron chi connectivity index (χ4n) is 1.42. The maximum absolute atomic E-state index is 4.39. The molecule has 0 radical (unpaired) electrons. The van der Waals surface area contributed by atoms with E-state index in [1.165, 1.54) is 25.0 Å². The average molecular weight is 194 g/mol. The third kappa shape index (κ3) is 3.95. The summed E-state index contributed by atoms with van der Waals surface area (Å²) in [5.41, 5.74) is 1.25. The summed E-state index contributed by atoms with van der Waals surface area (Å²) in [4.78, 5) is 4.39. The van der Waals surface area contributed by atoms with Crippen molar-refractivity contribution in [2.24, 2.45) is 5.92 Å². The van der Waals surface area contributed by atoms with E-state index in [4.69, 9.17) is 0 Å². The Morgan fingerprint density at radius 3 is 2.86 bits per heavy atom. The van der Waals surface area contributed by atoms with E-state index >= 15 is 0 Å². The van der Waals surface area contributed by atoms with Gasteiger partial charge in [-0.25, -0.2) is 4.98 Å². The molecule has 1 aromatic heterocycles. The van der Waals surface area contributed by atoms with Gasteiger partial charge in [0.25, 0.3) is 0 Å². The van der Waals surface area contributed by atoms with Crippen LogP contribution in [0.2, 0.25) is 0 Å². The van der Waals surface area contributed by atoms with E-state index in [1.807, 2.05) is 6.33 Å². The minimum absolute atomic E-state index is 0.775. The number of rotatable bonds is 6. The van der Waals surface area contributed by atoms with Crippen molar-refractivity contribution < 1.29 is 0 Å². The van der Waals surface area contributed by atoms with Crippen LogP contribution in [0.25, 0.3) is 0 Å². The molecule has 1 rings (SSSR count). The van der Waals surface area contributed by atoms with Gasteiger partial charge in [0.05, 0.1) is 12.0 Å². The topological polar surface area (TPSA) is 17.8 Å². The Labute approximate surface area is 87.4 Å². The van der Waals surface area contributed by atoms with Crippen molar-refractivity contribution in [1.82, 2.24) is 9.55 Å². The van der Waals surface area contributed by atoms with Gasteiger partial charge in [0.15, 0.2) is 0 Å². The molecule has 0 unspecified atom stereocenters. The molecule has 0 aliphatic rings. The van der Waals surface area contributed by atoms with Crippen molar-refractivity contribution in [2.45, 2.75) is 53.0 Å². The molecule has 2 nitrogen and oxygen atoms in total. The smallest absolute Gasteiger partial charge is 0.0949 e. The van der Waals surface area contributed by atoms with Crippen LogP contribution in [0.1, 0.15) is 45.7 Å². The second kappa shape index (κ2) is 5.84. The molecule has 0 aliphatic heterocycles. The number of hydrogen-bond donors (Lipinski definition) is 0. The van der Waals surface area contributed by atoms with Crippen molar-refractivity contribution in [3.8, 4) is 0 Å². The van der Waals surface area contributed by atoms with Gasteiger partial charge in [0.2, 0.25) is 0 Å². The van der Waals surface area contributed by atoms with E-state index in [9.17, 15) is 0 Å². The number of aryl methyl sites for hydroxylation is 2. The Kier molecular flexibility index (Phi) is 4.71. The maximum Gasteiger partial charge on any atom is 0.0949 e. The summed E-state index contributed by atoms with van der Waals surface area (Å²) in [5, 5.41) is 0. The van der Waals surface area contributed by atoms with Crippen molar-refractivity contribution >= 4 is 0 Å². The third-order valence-corrected chi connectivity index (χ3v) is 2.44. The van der Waals surface area contributed by atoms with Crippen LogP contribution in [0, 0.1) is 5.92 Å². The fourth-order valence-corrected chi connectivity index (χ4v) is 1.42. The first kappa shape index (κ1) is 11.3. The Balaban J connectivity index is 2.35. The van der Waals surface area contributed by atoms with E-state index < -0.39 is 0 Å². The number of aromatic nitrogens is 2. The lowest BCUT2D eigenvalue weighted by Crippen LogP contribution is -1.98. The average Bonchev–Trinajstić information content (AvgIpc) is 2.59. The SMILES string of the molecule is CCCCc1cn(CCC(C)C)cn1. The summed E-state index contributed by atoms with van der Waals surface area (Å²) in [5.74, 6) is 0.775. The highest BCUT2D eigenvalue weighted by molar-refractivity contribution is 4.96. The second-order valence-electron chi connectivity index (χ2n) is 4.39. The van der Waals surface area contributed by atoms with E-state index in [1.54, 1.807) is 0 Å². The maximum atomic E-state index is 4.39. The summed E-state index contributed by atoms with van der Waals surface area (Å²) in [6.45, 7) is 7.84. The molecule has 0 bridgehead atoms. The van der Waals surface area contributed by atoms with Gasteiger partial charge in [0, 0.05) is 12.7 Å². The van der Waals surface area contributed by atoms with E-state index in [0.717, 1.165) is 18.9 Å². The second-order valence-corrected chi connectivity index (χ2v) is 4.39. The Hall–Kier alpha value is -0.790. The first-order valence-corrected chi connectivity index (χ1v) is 5.73. The van der Waals surface area contributed by atoms with Crippen molar-refractivity contribution in [3.63, 3.8) is 0 Å². The summed E-state index contributed by atoms with van der Waals surface area (Å²) >= 11 is 0.